The molecule has 2 aliphatic rings. The van der Waals surface area contributed by atoms with Crippen LogP contribution < -0.4 is 10.6 Å². The van der Waals surface area contributed by atoms with Gasteiger partial charge < -0.3 is 10.6 Å². The summed E-state index contributed by atoms with van der Waals surface area (Å²) >= 11 is 0. The Labute approximate surface area is 105 Å². The molecule has 3 nitrogen and oxygen atoms in total. The zero-order chi connectivity index (χ0) is 12.3. The van der Waals surface area contributed by atoms with Gasteiger partial charge in [-0.25, -0.2) is 0 Å². The number of rotatable bonds is 3. The van der Waals surface area contributed by atoms with Gasteiger partial charge in [-0.2, -0.15) is 0 Å². The lowest BCUT2D eigenvalue weighted by Gasteiger charge is -2.34. The molecule has 0 radical (unpaired) electrons. The molecule has 0 aromatic carbocycles. The van der Waals surface area contributed by atoms with Crippen molar-refractivity contribution in [1.29, 1.82) is 0 Å². The van der Waals surface area contributed by atoms with Crippen LogP contribution in [-0.4, -0.2) is 25.0 Å². The number of nitrogens with one attached hydrogen (secondary N) is 2. The van der Waals surface area contributed by atoms with Gasteiger partial charge in [0.1, 0.15) is 0 Å². The Morgan fingerprint density at radius 1 is 1.35 bits per heavy atom. The molecular weight excluding hydrogens is 212 g/mol. The number of hydrogen-bond acceptors (Lipinski definition) is 2. The zero-order valence-electron chi connectivity index (χ0n) is 11.2. The van der Waals surface area contributed by atoms with E-state index in [1.54, 1.807) is 0 Å². The molecule has 0 bridgehead atoms. The Kier molecular flexibility index (Phi) is 4.08. The molecule has 1 amide bonds. The minimum atomic E-state index is -0.189. The van der Waals surface area contributed by atoms with Crippen LogP contribution in [0.15, 0.2) is 0 Å². The van der Waals surface area contributed by atoms with Crippen LogP contribution in [0.2, 0.25) is 0 Å². The van der Waals surface area contributed by atoms with E-state index in [0.29, 0.717) is 12.0 Å². The molecule has 0 aromatic heterocycles. The van der Waals surface area contributed by atoms with Crippen molar-refractivity contribution in [2.75, 3.05) is 13.1 Å². The molecule has 1 aliphatic carbocycles. The number of carbonyl (C=O) groups excluding carboxylic acids is 1. The molecule has 98 valence electrons. The molecule has 2 fully saturated rings. The minimum Gasteiger partial charge on any atom is -0.353 e. The number of amides is 1. The van der Waals surface area contributed by atoms with Gasteiger partial charge >= 0.3 is 0 Å². The lowest BCUT2D eigenvalue weighted by atomic mass is 9.81. The first-order chi connectivity index (χ1) is 8.12. The highest BCUT2D eigenvalue weighted by molar-refractivity contribution is 5.82. The Morgan fingerprint density at radius 2 is 2.06 bits per heavy atom. The fourth-order valence-corrected chi connectivity index (χ4v) is 3.21. The van der Waals surface area contributed by atoms with Crippen molar-refractivity contribution in [3.05, 3.63) is 0 Å². The van der Waals surface area contributed by atoms with Crippen molar-refractivity contribution >= 4 is 5.91 Å². The average Bonchev–Trinajstić information content (AvgIpc) is 2.83. The molecule has 1 unspecified atom stereocenters. The summed E-state index contributed by atoms with van der Waals surface area (Å²) in [7, 11) is 0. The van der Waals surface area contributed by atoms with Gasteiger partial charge in [-0.1, -0.05) is 12.8 Å². The minimum absolute atomic E-state index is 0.189. The molecule has 1 heterocycles. The largest absolute Gasteiger partial charge is 0.353 e. The van der Waals surface area contributed by atoms with Gasteiger partial charge in [0.15, 0.2) is 0 Å². The van der Waals surface area contributed by atoms with Crippen molar-refractivity contribution < 1.29 is 4.79 Å². The molecule has 3 heteroatoms. The maximum absolute atomic E-state index is 12.3. The lowest BCUT2D eigenvalue weighted by molar-refractivity contribution is -0.132. The van der Waals surface area contributed by atoms with Crippen molar-refractivity contribution in [1.82, 2.24) is 10.6 Å². The first-order valence-corrected chi connectivity index (χ1v) is 7.13. The van der Waals surface area contributed by atoms with E-state index >= 15 is 0 Å². The Balaban J connectivity index is 1.86. The fraction of sp³-hybridized carbons (Fsp3) is 0.929. The molecule has 1 aliphatic heterocycles. The van der Waals surface area contributed by atoms with Crippen LogP contribution in [-0.2, 0) is 4.79 Å². The maximum atomic E-state index is 12.3. The van der Waals surface area contributed by atoms with Gasteiger partial charge in [-0.15, -0.1) is 0 Å². The van der Waals surface area contributed by atoms with Gasteiger partial charge in [-0.05, 0) is 52.0 Å². The van der Waals surface area contributed by atoms with Gasteiger partial charge in [0.05, 0.1) is 5.41 Å². The first kappa shape index (κ1) is 12.9. The third-order valence-corrected chi connectivity index (χ3v) is 4.61. The van der Waals surface area contributed by atoms with Crippen LogP contribution >= 0.6 is 0 Å². The Hall–Kier alpha value is -0.570. The van der Waals surface area contributed by atoms with Crippen LogP contribution in [0.4, 0.5) is 0 Å². The van der Waals surface area contributed by atoms with Crippen LogP contribution in [0, 0.1) is 11.3 Å². The summed E-state index contributed by atoms with van der Waals surface area (Å²) in [5.41, 5.74) is -0.189. The highest BCUT2D eigenvalue weighted by atomic mass is 16.2. The van der Waals surface area contributed by atoms with E-state index < -0.39 is 0 Å². The van der Waals surface area contributed by atoms with E-state index in [9.17, 15) is 4.79 Å². The van der Waals surface area contributed by atoms with Crippen LogP contribution in [0.3, 0.4) is 0 Å². The van der Waals surface area contributed by atoms with E-state index in [0.717, 1.165) is 25.9 Å². The van der Waals surface area contributed by atoms with E-state index in [4.69, 9.17) is 0 Å². The Morgan fingerprint density at radius 3 is 2.65 bits per heavy atom. The third kappa shape index (κ3) is 3.01. The normalized spacial score (nSPS) is 32.4. The second-order valence-electron chi connectivity index (χ2n) is 6.15. The van der Waals surface area contributed by atoms with Crippen molar-refractivity contribution in [2.24, 2.45) is 11.3 Å². The molecule has 2 atom stereocenters. The van der Waals surface area contributed by atoms with Crippen molar-refractivity contribution in [2.45, 2.75) is 58.4 Å². The maximum Gasteiger partial charge on any atom is 0.227 e. The topological polar surface area (TPSA) is 41.1 Å². The van der Waals surface area contributed by atoms with Crippen LogP contribution in [0.25, 0.3) is 0 Å². The molecule has 0 aromatic rings. The van der Waals surface area contributed by atoms with Crippen molar-refractivity contribution in [3.63, 3.8) is 0 Å². The summed E-state index contributed by atoms with van der Waals surface area (Å²) in [6, 6.07) is 0.351. The Bertz CT molecular complexity index is 265. The lowest BCUT2D eigenvalue weighted by Crippen LogP contribution is -2.51. The van der Waals surface area contributed by atoms with Gasteiger partial charge in [0.25, 0.3) is 0 Å². The molecule has 2 rings (SSSR count). The summed E-state index contributed by atoms with van der Waals surface area (Å²) in [6.07, 6.45) is 7.38. The highest BCUT2D eigenvalue weighted by Gasteiger charge is 2.36. The summed E-state index contributed by atoms with van der Waals surface area (Å²) in [5, 5.41) is 6.59. The third-order valence-electron chi connectivity index (χ3n) is 4.61. The van der Waals surface area contributed by atoms with Crippen molar-refractivity contribution in [3.8, 4) is 0 Å². The smallest absolute Gasteiger partial charge is 0.227 e. The average molecular weight is 238 g/mol. The van der Waals surface area contributed by atoms with Gasteiger partial charge in [-0.3, -0.25) is 4.79 Å². The van der Waals surface area contributed by atoms with E-state index in [1.165, 1.54) is 25.7 Å². The quantitative estimate of drug-likeness (QED) is 0.790. The SMILES string of the molecule is C[C@H](NC(=O)C1(C)CCCNC1)C1CCCC1. The molecule has 0 spiro atoms. The van der Waals surface area contributed by atoms with Gasteiger partial charge in [0.2, 0.25) is 5.91 Å². The fourth-order valence-electron chi connectivity index (χ4n) is 3.21. The highest BCUT2D eigenvalue weighted by Crippen LogP contribution is 2.29. The summed E-state index contributed by atoms with van der Waals surface area (Å²) in [6.45, 7) is 6.15. The summed E-state index contributed by atoms with van der Waals surface area (Å²) < 4.78 is 0. The van der Waals surface area contributed by atoms with E-state index in [2.05, 4.69) is 24.5 Å². The summed E-state index contributed by atoms with van der Waals surface area (Å²) in [5.74, 6) is 0.961. The standard InChI is InChI=1S/C14H26N2O/c1-11(12-6-3-4-7-12)16-13(17)14(2)8-5-9-15-10-14/h11-12,15H,3-10H2,1-2H3,(H,16,17)/t11-,14?/m0/s1. The van der Waals surface area contributed by atoms with E-state index in [1.807, 2.05) is 0 Å². The summed E-state index contributed by atoms with van der Waals surface area (Å²) in [4.78, 5) is 12.3. The predicted molar refractivity (Wildman–Crippen MR) is 69.8 cm³/mol. The number of carbonyl (C=O) groups is 1. The number of piperidine rings is 1. The van der Waals surface area contributed by atoms with Gasteiger partial charge in [0, 0.05) is 12.6 Å². The molecule has 17 heavy (non-hydrogen) atoms. The number of hydrogen-bond donors (Lipinski definition) is 2. The first-order valence-electron chi connectivity index (χ1n) is 7.13. The molecule has 1 saturated heterocycles. The monoisotopic (exact) mass is 238 g/mol. The molecule has 1 saturated carbocycles. The zero-order valence-corrected chi connectivity index (χ0v) is 11.2. The van der Waals surface area contributed by atoms with Crippen LogP contribution in [0.1, 0.15) is 52.4 Å². The molecular formula is C14H26N2O. The predicted octanol–water partition coefficient (Wildman–Crippen LogP) is 2.07. The molecule has 2 N–H and O–H groups in total. The second kappa shape index (κ2) is 5.38. The second-order valence-corrected chi connectivity index (χ2v) is 6.15. The van der Waals surface area contributed by atoms with E-state index in [-0.39, 0.29) is 11.3 Å². The van der Waals surface area contributed by atoms with Crippen LogP contribution in [0.5, 0.6) is 0 Å².